The van der Waals surface area contributed by atoms with E-state index in [1.165, 1.54) is 0 Å². The Labute approximate surface area is 115 Å². The number of likely N-dealkylation sites (tertiary alicyclic amines) is 1. The Balaban J connectivity index is 1.83. The van der Waals surface area contributed by atoms with E-state index >= 15 is 0 Å². The van der Waals surface area contributed by atoms with Crippen molar-refractivity contribution in [2.75, 3.05) is 32.7 Å². The lowest BCUT2D eigenvalue weighted by molar-refractivity contribution is -0.136. The Morgan fingerprint density at radius 2 is 2.00 bits per heavy atom. The van der Waals surface area contributed by atoms with Crippen LogP contribution in [0.5, 0.6) is 0 Å². The van der Waals surface area contributed by atoms with Crippen LogP contribution < -0.4 is 10.6 Å². The number of amides is 2. The highest BCUT2D eigenvalue weighted by Crippen LogP contribution is 2.30. The third kappa shape index (κ3) is 3.26. The molecule has 0 aliphatic carbocycles. The van der Waals surface area contributed by atoms with Crippen LogP contribution in [0.4, 0.5) is 0 Å². The van der Waals surface area contributed by atoms with Crippen molar-refractivity contribution in [3.8, 4) is 0 Å². The van der Waals surface area contributed by atoms with E-state index in [0.29, 0.717) is 0 Å². The second kappa shape index (κ2) is 6.37. The van der Waals surface area contributed by atoms with E-state index < -0.39 is 0 Å². The van der Waals surface area contributed by atoms with Crippen LogP contribution in [0.25, 0.3) is 0 Å². The molecule has 5 nitrogen and oxygen atoms in total. The molecule has 108 valence electrons. The molecular weight excluding hydrogens is 242 g/mol. The lowest BCUT2D eigenvalue weighted by Crippen LogP contribution is -2.52. The molecule has 0 spiro atoms. The van der Waals surface area contributed by atoms with E-state index in [0.717, 1.165) is 58.3 Å². The van der Waals surface area contributed by atoms with Crippen LogP contribution in [-0.2, 0) is 9.59 Å². The van der Waals surface area contributed by atoms with Crippen LogP contribution in [0.1, 0.15) is 39.0 Å². The van der Waals surface area contributed by atoms with Gasteiger partial charge in [0.2, 0.25) is 11.8 Å². The highest BCUT2D eigenvalue weighted by Gasteiger charge is 2.37. The summed E-state index contributed by atoms with van der Waals surface area (Å²) in [5.74, 6) is 0.0932. The summed E-state index contributed by atoms with van der Waals surface area (Å²) in [6.07, 6.45) is 4.94. The quantitative estimate of drug-likeness (QED) is 0.780. The van der Waals surface area contributed by atoms with Crippen molar-refractivity contribution in [2.24, 2.45) is 5.41 Å². The summed E-state index contributed by atoms with van der Waals surface area (Å²) in [6.45, 7) is 5.61. The summed E-state index contributed by atoms with van der Waals surface area (Å²) in [5.41, 5.74) is -0.316. The summed E-state index contributed by atoms with van der Waals surface area (Å²) in [7, 11) is 0. The van der Waals surface area contributed by atoms with Gasteiger partial charge in [0, 0.05) is 19.6 Å². The Hall–Kier alpha value is -1.10. The normalized spacial score (nSPS) is 27.3. The number of rotatable bonds is 4. The Morgan fingerprint density at radius 1 is 1.26 bits per heavy atom. The smallest absolute Gasteiger partial charge is 0.241 e. The second-order valence-corrected chi connectivity index (χ2v) is 5.68. The van der Waals surface area contributed by atoms with Gasteiger partial charge < -0.3 is 15.5 Å². The van der Waals surface area contributed by atoms with Crippen molar-refractivity contribution in [2.45, 2.75) is 39.0 Å². The first-order chi connectivity index (χ1) is 9.18. The van der Waals surface area contributed by atoms with Gasteiger partial charge in [-0.1, -0.05) is 6.92 Å². The molecule has 2 aliphatic heterocycles. The average Bonchev–Trinajstić information content (AvgIpc) is 2.99. The second-order valence-electron chi connectivity index (χ2n) is 5.68. The number of piperidine rings is 1. The number of carbonyl (C=O) groups excluding carboxylic acids is 2. The van der Waals surface area contributed by atoms with Crippen LogP contribution in [0.2, 0.25) is 0 Å². The fourth-order valence-electron chi connectivity index (χ4n) is 3.05. The first kappa shape index (κ1) is 14.3. The van der Waals surface area contributed by atoms with Crippen molar-refractivity contribution in [1.29, 1.82) is 0 Å². The molecule has 2 fully saturated rings. The van der Waals surface area contributed by atoms with E-state index in [1.807, 2.05) is 4.90 Å². The van der Waals surface area contributed by atoms with Gasteiger partial charge in [0.05, 0.1) is 12.0 Å². The zero-order chi connectivity index (χ0) is 13.7. The molecule has 0 aromatic carbocycles. The molecule has 0 aromatic rings. The lowest BCUT2D eigenvalue weighted by atomic mass is 9.77. The van der Waals surface area contributed by atoms with Crippen molar-refractivity contribution in [3.05, 3.63) is 0 Å². The molecule has 5 heteroatoms. The Kier molecular flexibility index (Phi) is 4.80. The van der Waals surface area contributed by atoms with Gasteiger partial charge in [0.25, 0.3) is 0 Å². The van der Waals surface area contributed by atoms with Gasteiger partial charge in [-0.3, -0.25) is 9.59 Å². The maximum atomic E-state index is 12.3. The summed E-state index contributed by atoms with van der Waals surface area (Å²) < 4.78 is 0. The van der Waals surface area contributed by atoms with Crippen LogP contribution in [0.15, 0.2) is 0 Å². The van der Waals surface area contributed by atoms with Crippen molar-refractivity contribution >= 4 is 11.8 Å². The molecule has 19 heavy (non-hydrogen) atoms. The molecule has 0 radical (unpaired) electrons. The van der Waals surface area contributed by atoms with Gasteiger partial charge in [-0.05, 0) is 38.6 Å². The maximum absolute atomic E-state index is 12.3. The minimum Gasteiger partial charge on any atom is -0.347 e. The van der Waals surface area contributed by atoms with Gasteiger partial charge in [-0.2, -0.15) is 0 Å². The molecule has 2 amide bonds. The highest BCUT2D eigenvalue weighted by atomic mass is 16.2. The largest absolute Gasteiger partial charge is 0.347 e. The molecule has 0 saturated carbocycles. The zero-order valence-corrected chi connectivity index (χ0v) is 11.8. The predicted octanol–water partition coefficient (Wildman–Crippen LogP) is 0.505. The van der Waals surface area contributed by atoms with Crippen molar-refractivity contribution < 1.29 is 9.59 Å². The molecule has 2 heterocycles. The summed E-state index contributed by atoms with van der Waals surface area (Å²) in [5, 5.41) is 6.14. The SMILES string of the molecule is CCC1(C(=O)NCC(=O)N2CCCC2)CCCNC1. The Morgan fingerprint density at radius 3 is 2.58 bits per heavy atom. The maximum Gasteiger partial charge on any atom is 0.241 e. The lowest BCUT2D eigenvalue weighted by Gasteiger charge is -2.35. The topological polar surface area (TPSA) is 61.4 Å². The molecular formula is C14H25N3O2. The van der Waals surface area contributed by atoms with Gasteiger partial charge in [-0.25, -0.2) is 0 Å². The molecule has 1 unspecified atom stereocenters. The van der Waals surface area contributed by atoms with E-state index in [4.69, 9.17) is 0 Å². The van der Waals surface area contributed by atoms with Crippen molar-refractivity contribution in [1.82, 2.24) is 15.5 Å². The van der Waals surface area contributed by atoms with Crippen LogP contribution >= 0.6 is 0 Å². The first-order valence-corrected chi connectivity index (χ1v) is 7.45. The number of carbonyl (C=O) groups is 2. The number of hydrogen-bond acceptors (Lipinski definition) is 3. The average molecular weight is 267 g/mol. The van der Waals surface area contributed by atoms with Crippen LogP contribution in [-0.4, -0.2) is 49.4 Å². The summed E-state index contributed by atoms with van der Waals surface area (Å²) in [4.78, 5) is 26.1. The standard InChI is InChI=1S/C14H25N3O2/c1-2-14(6-5-7-15-11-14)13(19)16-10-12(18)17-8-3-4-9-17/h15H,2-11H2,1H3,(H,16,19). The molecule has 1 atom stereocenters. The monoisotopic (exact) mass is 267 g/mol. The summed E-state index contributed by atoms with van der Waals surface area (Å²) >= 11 is 0. The third-order valence-electron chi connectivity index (χ3n) is 4.49. The Bertz CT molecular complexity index is 332. The van der Waals surface area contributed by atoms with Crippen LogP contribution in [0, 0.1) is 5.41 Å². The van der Waals surface area contributed by atoms with E-state index in [-0.39, 0.29) is 23.8 Å². The van der Waals surface area contributed by atoms with E-state index in [9.17, 15) is 9.59 Å². The van der Waals surface area contributed by atoms with E-state index in [1.54, 1.807) is 0 Å². The molecule has 0 bridgehead atoms. The number of nitrogens with zero attached hydrogens (tertiary/aromatic N) is 1. The summed E-state index contributed by atoms with van der Waals surface area (Å²) in [6, 6.07) is 0. The van der Waals surface area contributed by atoms with Gasteiger partial charge in [0.1, 0.15) is 0 Å². The van der Waals surface area contributed by atoms with Gasteiger partial charge in [0.15, 0.2) is 0 Å². The van der Waals surface area contributed by atoms with Gasteiger partial charge >= 0.3 is 0 Å². The third-order valence-corrected chi connectivity index (χ3v) is 4.49. The predicted molar refractivity (Wildman–Crippen MR) is 73.7 cm³/mol. The molecule has 2 N–H and O–H groups in total. The molecule has 2 saturated heterocycles. The molecule has 2 rings (SSSR count). The fraction of sp³-hybridized carbons (Fsp3) is 0.857. The number of hydrogen-bond donors (Lipinski definition) is 2. The molecule has 0 aromatic heterocycles. The highest BCUT2D eigenvalue weighted by molar-refractivity contribution is 5.88. The van der Waals surface area contributed by atoms with E-state index in [2.05, 4.69) is 17.6 Å². The van der Waals surface area contributed by atoms with Crippen molar-refractivity contribution in [3.63, 3.8) is 0 Å². The minimum atomic E-state index is -0.316. The minimum absolute atomic E-state index is 0.0368. The molecule has 2 aliphatic rings. The van der Waals surface area contributed by atoms with Gasteiger partial charge in [-0.15, -0.1) is 0 Å². The first-order valence-electron chi connectivity index (χ1n) is 7.45. The zero-order valence-electron chi connectivity index (χ0n) is 11.8. The number of nitrogens with one attached hydrogen (secondary N) is 2. The van der Waals surface area contributed by atoms with Crippen LogP contribution in [0.3, 0.4) is 0 Å². The fourth-order valence-corrected chi connectivity index (χ4v) is 3.05.